The fraction of sp³-hybridized carbons (Fsp3) is 0.222. The molecule has 0 saturated carbocycles. The van der Waals surface area contributed by atoms with Crippen molar-refractivity contribution >= 4 is 27.6 Å². The monoisotopic (exact) mass is 291 g/mol. The van der Waals surface area contributed by atoms with E-state index in [0.717, 1.165) is 12.1 Å². The highest BCUT2D eigenvalue weighted by Gasteiger charge is 2.21. The van der Waals surface area contributed by atoms with Crippen LogP contribution in [0.15, 0.2) is 16.6 Å². The van der Waals surface area contributed by atoms with E-state index in [2.05, 4.69) is 20.7 Å². The van der Waals surface area contributed by atoms with Crippen LogP contribution >= 0.6 is 15.9 Å². The summed E-state index contributed by atoms with van der Waals surface area (Å²) >= 11 is 2.97. The molecule has 5 nitrogen and oxygen atoms in total. The Morgan fingerprint density at radius 1 is 1.62 bits per heavy atom. The highest BCUT2D eigenvalue weighted by atomic mass is 79.9. The van der Waals surface area contributed by atoms with Gasteiger partial charge in [0.15, 0.2) is 0 Å². The van der Waals surface area contributed by atoms with E-state index in [0.29, 0.717) is 0 Å². The molecule has 0 aliphatic rings. The number of carbonyl (C=O) groups is 1. The molecule has 0 atom stereocenters. The molecule has 0 radical (unpaired) electrons. The summed E-state index contributed by atoms with van der Waals surface area (Å²) in [5, 5.41) is 10.7. The van der Waals surface area contributed by atoms with Crippen LogP contribution in [0.1, 0.15) is 5.56 Å². The molecule has 0 aliphatic heterocycles. The topological polar surface area (TPSA) is 69.4 Å². The van der Waals surface area contributed by atoms with E-state index < -0.39 is 22.4 Å². The molecule has 0 N–H and O–H groups in total. The lowest BCUT2D eigenvalue weighted by Crippen LogP contribution is -2.08. The number of esters is 1. The lowest BCUT2D eigenvalue weighted by Gasteiger charge is -2.04. The van der Waals surface area contributed by atoms with Gasteiger partial charge in [0.05, 0.1) is 30.1 Å². The van der Waals surface area contributed by atoms with Crippen LogP contribution in [0.2, 0.25) is 0 Å². The molecule has 16 heavy (non-hydrogen) atoms. The van der Waals surface area contributed by atoms with Gasteiger partial charge >= 0.3 is 5.97 Å². The van der Waals surface area contributed by atoms with E-state index in [4.69, 9.17) is 0 Å². The summed E-state index contributed by atoms with van der Waals surface area (Å²) in [6.07, 6.45) is -0.284. The minimum Gasteiger partial charge on any atom is -0.469 e. The van der Waals surface area contributed by atoms with Crippen LogP contribution in [0.4, 0.5) is 10.1 Å². The maximum absolute atomic E-state index is 12.9. The van der Waals surface area contributed by atoms with Crippen LogP contribution < -0.4 is 0 Å². The molecule has 0 fully saturated rings. The molecule has 7 heteroatoms. The number of hydrogen-bond acceptors (Lipinski definition) is 4. The molecule has 0 amide bonds. The first-order valence-corrected chi connectivity index (χ1v) is 4.94. The smallest absolute Gasteiger partial charge is 0.310 e. The second-order valence-corrected chi connectivity index (χ2v) is 3.75. The molecule has 0 spiro atoms. The SMILES string of the molecule is COC(=O)Cc1c(Br)cc(F)cc1[N+](=O)[O-]. The van der Waals surface area contributed by atoms with Crippen molar-refractivity contribution in [2.24, 2.45) is 0 Å². The number of benzene rings is 1. The van der Waals surface area contributed by atoms with E-state index in [1.165, 1.54) is 7.11 Å². The van der Waals surface area contributed by atoms with Gasteiger partial charge in [0.25, 0.3) is 5.69 Å². The number of nitrogens with zero attached hydrogens (tertiary/aromatic N) is 1. The Hall–Kier alpha value is -1.50. The molecule has 0 aliphatic carbocycles. The molecule has 0 bridgehead atoms. The van der Waals surface area contributed by atoms with Gasteiger partial charge in [-0.05, 0) is 6.07 Å². The Balaban J connectivity index is 3.24. The maximum Gasteiger partial charge on any atom is 0.310 e. The highest BCUT2D eigenvalue weighted by molar-refractivity contribution is 9.10. The van der Waals surface area contributed by atoms with Crippen LogP contribution in [-0.4, -0.2) is 18.0 Å². The Morgan fingerprint density at radius 3 is 2.75 bits per heavy atom. The number of carbonyl (C=O) groups excluding carboxylic acids is 1. The third-order valence-corrected chi connectivity index (χ3v) is 2.59. The first-order valence-electron chi connectivity index (χ1n) is 4.15. The molecule has 1 aromatic rings. The molecular formula is C9H7BrFNO4. The van der Waals surface area contributed by atoms with Crippen LogP contribution in [0, 0.1) is 15.9 Å². The Morgan fingerprint density at radius 2 is 2.25 bits per heavy atom. The van der Waals surface area contributed by atoms with Crippen molar-refractivity contribution < 1.29 is 18.8 Å². The van der Waals surface area contributed by atoms with E-state index in [1.54, 1.807) is 0 Å². The average Bonchev–Trinajstić information content (AvgIpc) is 2.20. The minimum absolute atomic E-state index is 0.0956. The van der Waals surface area contributed by atoms with Gasteiger partial charge < -0.3 is 4.74 Å². The summed E-state index contributed by atoms with van der Waals surface area (Å²) in [5.74, 6) is -1.37. The standard InChI is InChI=1S/C9H7BrFNO4/c1-16-9(13)4-6-7(10)2-5(11)3-8(6)12(14)15/h2-3H,4H2,1H3. The Kier molecular flexibility index (Phi) is 3.94. The number of nitro groups is 1. The normalized spacial score (nSPS) is 9.94. The fourth-order valence-corrected chi connectivity index (χ4v) is 1.71. The first-order chi connectivity index (χ1) is 7.45. The van der Waals surface area contributed by atoms with Crippen LogP contribution in [0.25, 0.3) is 0 Å². The average molecular weight is 292 g/mol. The lowest BCUT2D eigenvalue weighted by molar-refractivity contribution is -0.385. The lowest BCUT2D eigenvalue weighted by atomic mass is 10.1. The summed E-state index contributed by atoms with van der Waals surface area (Å²) in [7, 11) is 1.17. The van der Waals surface area contributed by atoms with E-state index in [-0.39, 0.29) is 16.5 Å². The maximum atomic E-state index is 12.9. The number of hydrogen-bond donors (Lipinski definition) is 0. The predicted octanol–water partition coefficient (Wildman–Crippen LogP) is 2.21. The van der Waals surface area contributed by atoms with Crippen LogP contribution in [0.3, 0.4) is 0 Å². The zero-order valence-electron chi connectivity index (χ0n) is 8.20. The fourth-order valence-electron chi connectivity index (χ4n) is 1.14. The molecule has 0 aromatic heterocycles. The molecule has 1 aromatic carbocycles. The molecule has 0 heterocycles. The summed E-state index contributed by atoms with van der Waals surface area (Å²) in [6, 6.07) is 1.83. The second-order valence-electron chi connectivity index (χ2n) is 2.90. The van der Waals surface area contributed by atoms with Gasteiger partial charge in [0.1, 0.15) is 5.82 Å². The minimum atomic E-state index is -0.744. The summed E-state index contributed by atoms with van der Waals surface area (Å²) in [5.41, 5.74) is -0.351. The van der Waals surface area contributed by atoms with Crippen molar-refractivity contribution in [2.45, 2.75) is 6.42 Å². The number of halogens is 2. The number of methoxy groups -OCH3 is 1. The summed E-state index contributed by atoms with van der Waals surface area (Å²) < 4.78 is 17.5. The van der Waals surface area contributed by atoms with Crippen molar-refractivity contribution in [3.05, 3.63) is 38.1 Å². The predicted molar refractivity (Wildman–Crippen MR) is 56.5 cm³/mol. The van der Waals surface area contributed by atoms with Crippen molar-refractivity contribution in [2.75, 3.05) is 7.11 Å². The van der Waals surface area contributed by atoms with Crippen molar-refractivity contribution in [3.63, 3.8) is 0 Å². The molecule has 0 saturated heterocycles. The Bertz CT molecular complexity index is 449. The molecular weight excluding hydrogens is 285 g/mol. The zero-order valence-corrected chi connectivity index (χ0v) is 9.78. The molecule has 1 rings (SSSR count). The molecule has 86 valence electrons. The second kappa shape index (κ2) is 5.02. The van der Waals surface area contributed by atoms with Crippen molar-refractivity contribution in [1.29, 1.82) is 0 Å². The number of ether oxygens (including phenoxy) is 1. The third kappa shape index (κ3) is 2.75. The first kappa shape index (κ1) is 12.6. The zero-order chi connectivity index (χ0) is 12.3. The van der Waals surface area contributed by atoms with Gasteiger partial charge in [0, 0.05) is 4.47 Å². The van der Waals surface area contributed by atoms with E-state index in [1.807, 2.05) is 0 Å². The van der Waals surface area contributed by atoms with Crippen LogP contribution in [0.5, 0.6) is 0 Å². The van der Waals surface area contributed by atoms with Gasteiger partial charge in [-0.2, -0.15) is 0 Å². The summed E-state index contributed by atoms with van der Waals surface area (Å²) in [4.78, 5) is 21.0. The van der Waals surface area contributed by atoms with Crippen molar-refractivity contribution in [1.82, 2.24) is 0 Å². The van der Waals surface area contributed by atoms with Crippen molar-refractivity contribution in [3.8, 4) is 0 Å². The van der Waals surface area contributed by atoms with Gasteiger partial charge in [-0.25, -0.2) is 4.39 Å². The van der Waals surface area contributed by atoms with E-state index in [9.17, 15) is 19.3 Å². The van der Waals surface area contributed by atoms with Crippen LogP contribution in [-0.2, 0) is 16.0 Å². The van der Waals surface area contributed by atoms with Gasteiger partial charge in [-0.15, -0.1) is 0 Å². The third-order valence-electron chi connectivity index (χ3n) is 1.88. The summed E-state index contributed by atoms with van der Waals surface area (Å²) in [6.45, 7) is 0. The van der Waals surface area contributed by atoms with Gasteiger partial charge in [0.2, 0.25) is 0 Å². The quantitative estimate of drug-likeness (QED) is 0.486. The number of nitro benzene ring substituents is 1. The van der Waals surface area contributed by atoms with Gasteiger partial charge in [-0.1, -0.05) is 15.9 Å². The molecule has 0 unspecified atom stereocenters. The Labute approximate surface area is 98.5 Å². The van der Waals surface area contributed by atoms with E-state index >= 15 is 0 Å². The largest absolute Gasteiger partial charge is 0.469 e. The highest BCUT2D eigenvalue weighted by Crippen LogP contribution is 2.28. The van der Waals surface area contributed by atoms with Gasteiger partial charge in [-0.3, -0.25) is 14.9 Å². The number of rotatable bonds is 3.